The van der Waals surface area contributed by atoms with Crippen molar-refractivity contribution in [3.05, 3.63) is 53.6 Å². The van der Waals surface area contributed by atoms with Crippen molar-refractivity contribution in [3.8, 4) is 11.5 Å². The van der Waals surface area contributed by atoms with Crippen LogP contribution in [-0.4, -0.2) is 32.6 Å². The number of carbonyl (C=O) groups is 2. The standard InChI is InChI=1S/C21H26N2O4/c1-14(24)22-13-21(2,3)16-7-9-17(10-8-16)23-20(25)15-6-11-18(26-4)19(12-15)27-5/h6-12H,13H2,1-5H3,(H,22,24)(H,23,25). The van der Waals surface area contributed by atoms with Gasteiger partial charge in [-0.3, -0.25) is 9.59 Å². The zero-order valence-corrected chi connectivity index (χ0v) is 16.4. The fraction of sp³-hybridized carbons (Fsp3) is 0.333. The molecule has 2 N–H and O–H groups in total. The number of ether oxygens (including phenoxy) is 2. The lowest BCUT2D eigenvalue weighted by Gasteiger charge is -2.25. The highest BCUT2D eigenvalue weighted by Gasteiger charge is 2.21. The van der Waals surface area contributed by atoms with Crippen LogP contribution in [0.1, 0.15) is 36.7 Å². The first-order chi connectivity index (χ1) is 12.8. The molecular formula is C21H26N2O4. The normalized spacial score (nSPS) is 10.9. The van der Waals surface area contributed by atoms with E-state index in [1.807, 2.05) is 24.3 Å². The number of benzene rings is 2. The average molecular weight is 370 g/mol. The minimum absolute atomic E-state index is 0.0538. The second-order valence-corrected chi connectivity index (χ2v) is 6.89. The van der Waals surface area contributed by atoms with Crippen LogP contribution in [0.15, 0.2) is 42.5 Å². The van der Waals surface area contributed by atoms with E-state index in [-0.39, 0.29) is 17.2 Å². The third-order valence-corrected chi connectivity index (χ3v) is 4.35. The SMILES string of the molecule is COc1ccc(C(=O)Nc2ccc(C(C)(C)CNC(C)=O)cc2)cc1OC. The molecule has 6 nitrogen and oxygen atoms in total. The maximum Gasteiger partial charge on any atom is 0.255 e. The van der Waals surface area contributed by atoms with Crippen molar-refractivity contribution < 1.29 is 19.1 Å². The van der Waals surface area contributed by atoms with Gasteiger partial charge < -0.3 is 20.1 Å². The molecule has 6 heteroatoms. The molecule has 0 atom stereocenters. The van der Waals surface area contributed by atoms with Gasteiger partial charge in [-0.15, -0.1) is 0 Å². The summed E-state index contributed by atoms with van der Waals surface area (Å²) in [4.78, 5) is 23.6. The molecule has 27 heavy (non-hydrogen) atoms. The molecule has 0 aliphatic carbocycles. The Kier molecular flexibility index (Phi) is 6.45. The molecule has 0 spiro atoms. The first-order valence-corrected chi connectivity index (χ1v) is 8.65. The Bertz CT molecular complexity index is 813. The number of hydrogen-bond donors (Lipinski definition) is 2. The largest absolute Gasteiger partial charge is 0.493 e. The highest BCUT2D eigenvalue weighted by molar-refractivity contribution is 6.04. The first-order valence-electron chi connectivity index (χ1n) is 8.65. The van der Waals surface area contributed by atoms with Crippen LogP contribution in [0, 0.1) is 0 Å². The van der Waals surface area contributed by atoms with E-state index in [9.17, 15) is 9.59 Å². The summed E-state index contributed by atoms with van der Waals surface area (Å²) in [6, 6.07) is 12.6. The molecule has 0 saturated carbocycles. The van der Waals surface area contributed by atoms with E-state index in [1.165, 1.54) is 14.0 Å². The van der Waals surface area contributed by atoms with Crippen molar-refractivity contribution in [3.63, 3.8) is 0 Å². The van der Waals surface area contributed by atoms with E-state index in [2.05, 4.69) is 24.5 Å². The Morgan fingerprint density at radius 2 is 1.59 bits per heavy atom. The molecule has 0 aliphatic rings. The molecule has 0 aliphatic heterocycles. The second kappa shape index (κ2) is 8.58. The van der Waals surface area contributed by atoms with Gasteiger partial charge in [-0.05, 0) is 35.9 Å². The summed E-state index contributed by atoms with van der Waals surface area (Å²) >= 11 is 0. The number of carbonyl (C=O) groups excluding carboxylic acids is 2. The second-order valence-electron chi connectivity index (χ2n) is 6.89. The minimum atomic E-state index is -0.235. The van der Waals surface area contributed by atoms with Crippen molar-refractivity contribution in [1.29, 1.82) is 0 Å². The molecule has 0 bridgehead atoms. The molecule has 0 saturated heterocycles. The quantitative estimate of drug-likeness (QED) is 0.783. The zero-order valence-electron chi connectivity index (χ0n) is 16.4. The van der Waals surface area contributed by atoms with Gasteiger partial charge in [0.15, 0.2) is 11.5 Å². The molecular weight excluding hydrogens is 344 g/mol. The molecule has 0 heterocycles. The third kappa shape index (κ3) is 5.23. The molecule has 0 fully saturated rings. The van der Waals surface area contributed by atoms with E-state index in [4.69, 9.17) is 9.47 Å². The van der Waals surface area contributed by atoms with Gasteiger partial charge in [0.05, 0.1) is 14.2 Å². The molecule has 0 radical (unpaired) electrons. The highest BCUT2D eigenvalue weighted by atomic mass is 16.5. The summed E-state index contributed by atoms with van der Waals surface area (Å²) < 4.78 is 10.4. The summed E-state index contributed by atoms with van der Waals surface area (Å²) in [5.41, 5.74) is 2.02. The van der Waals surface area contributed by atoms with Crippen LogP contribution in [0.4, 0.5) is 5.69 Å². The van der Waals surface area contributed by atoms with E-state index in [0.717, 1.165) is 5.56 Å². The summed E-state index contributed by atoms with van der Waals surface area (Å²) in [6.07, 6.45) is 0. The molecule has 2 aromatic carbocycles. The Hall–Kier alpha value is -3.02. The Morgan fingerprint density at radius 3 is 2.15 bits per heavy atom. The number of rotatable bonds is 7. The van der Waals surface area contributed by atoms with Crippen LogP contribution in [0.25, 0.3) is 0 Å². The van der Waals surface area contributed by atoms with Gasteiger partial charge in [-0.1, -0.05) is 26.0 Å². The maximum atomic E-state index is 12.5. The van der Waals surface area contributed by atoms with Crippen LogP contribution in [0.3, 0.4) is 0 Å². The van der Waals surface area contributed by atoms with Gasteiger partial charge in [-0.2, -0.15) is 0 Å². The summed E-state index contributed by atoms with van der Waals surface area (Å²) in [5, 5.41) is 5.71. The molecule has 144 valence electrons. The summed E-state index contributed by atoms with van der Waals surface area (Å²) in [5.74, 6) is 0.781. The van der Waals surface area contributed by atoms with E-state index in [0.29, 0.717) is 29.3 Å². The molecule has 2 aromatic rings. The van der Waals surface area contributed by atoms with Crippen molar-refractivity contribution in [2.24, 2.45) is 0 Å². The molecule has 0 aromatic heterocycles. The van der Waals surface area contributed by atoms with Crippen LogP contribution in [0.2, 0.25) is 0 Å². The van der Waals surface area contributed by atoms with E-state index < -0.39 is 0 Å². The number of amides is 2. The van der Waals surface area contributed by atoms with Crippen molar-refractivity contribution in [1.82, 2.24) is 5.32 Å². The third-order valence-electron chi connectivity index (χ3n) is 4.35. The van der Waals surface area contributed by atoms with Gasteiger partial charge in [0.2, 0.25) is 5.91 Å². The van der Waals surface area contributed by atoms with E-state index in [1.54, 1.807) is 25.3 Å². The maximum absolute atomic E-state index is 12.5. The monoisotopic (exact) mass is 370 g/mol. The lowest BCUT2D eigenvalue weighted by atomic mass is 9.84. The number of hydrogen-bond acceptors (Lipinski definition) is 4. The Labute approximate surface area is 159 Å². The number of nitrogens with one attached hydrogen (secondary N) is 2. The molecule has 0 unspecified atom stereocenters. The average Bonchev–Trinajstić information content (AvgIpc) is 2.66. The summed E-state index contributed by atoms with van der Waals surface area (Å²) in [6.45, 7) is 6.16. The van der Waals surface area contributed by atoms with Crippen LogP contribution >= 0.6 is 0 Å². The van der Waals surface area contributed by atoms with Crippen LogP contribution < -0.4 is 20.1 Å². The van der Waals surface area contributed by atoms with Crippen LogP contribution in [0.5, 0.6) is 11.5 Å². The fourth-order valence-corrected chi connectivity index (χ4v) is 2.63. The van der Waals surface area contributed by atoms with E-state index >= 15 is 0 Å². The van der Waals surface area contributed by atoms with Crippen molar-refractivity contribution in [2.75, 3.05) is 26.1 Å². The summed E-state index contributed by atoms with van der Waals surface area (Å²) in [7, 11) is 3.08. The van der Waals surface area contributed by atoms with Gasteiger partial charge >= 0.3 is 0 Å². The number of anilines is 1. The van der Waals surface area contributed by atoms with Gasteiger partial charge in [0, 0.05) is 30.1 Å². The fourth-order valence-electron chi connectivity index (χ4n) is 2.63. The molecule has 2 amide bonds. The minimum Gasteiger partial charge on any atom is -0.493 e. The Morgan fingerprint density at radius 1 is 0.963 bits per heavy atom. The zero-order chi connectivity index (χ0) is 20.0. The number of methoxy groups -OCH3 is 2. The first kappa shape index (κ1) is 20.3. The lowest BCUT2D eigenvalue weighted by molar-refractivity contribution is -0.119. The Balaban J connectivity index is 2.10. The van der Waals surface area contributed by atoms with Crippen molar-refractivity contribution >= 4 is 17.5 Å². The van der Waals surface area contributed by atoms with Gasteiger partial charge in [-0.25, -0.2) is 0 Å². The predicted molar refractivity (Wildman–Crippen MR) is 106 cm³/mol. The van der Waals surface area contributed by atoms with Crippen molar-refractivity contribution in [2.45, 2.75) is 26.2 Å². The van der Waals surface area contributed by atoms with Gasteiger partial charge in [0.1, 0.15) is 0 Å². The lowest BCUT2D eigenvalue weighted by Crippen LogP contribution is -2.35. The topological polar surface area (TPSA) is 76.7 Å². The van der Waals surface area contributed by atoms with Gasteiger partial charge in [0.25, 0.3) is 5.91 Å². The molecule has 2 rings (SSSR count). The van der Waals surface area contributed by atoms with Crippen LogP contribution in [-0.2, 0) is 10.2 Å². The predicted octanol–water partition coefficient (Wildman–Crippen LogP) is 3.37. The highest BCUT2D eigenvalue weighted by Crippen LogP contribution is 2.28. The smallest absolute Gasteiger partial charge is 0.255 e.